The van der Waals surface area contributed by atoms with Gasteiger partial charge in [-0.05, 0) is 24.8 Å². The van der Waals surface area contributed by atoms with Gasteiger partial charge < -0.3 is 10.1 Å². The molecule has 1 aliphatic heterocycles. The van der Waals surface area contributed by atoms with Crippen LogP contribution in [-0.4, -0.2) is 67.4 Å². The third kappa shape index (κ3) is 3.79. The zero-order valence-corrected chi connectivity index (χ0v) is 14.3. The van der Waals surface area contributed by atoms with Crippen molar-refractivity contribution in [2.45, 2.75) is 18.9 Å². The first-order chi connectivity index (χ1) is 11.0. The Labute approximate surface area is 137 Å². The van der Waals surface area contributed by atoms with Gasteiger partial charge in [-0.2, -0.15) is 17.0 Å². The van der Waals surface area contributed by atoms with E-state index in [1.807, 2.05) is 0 Å². The molecule has 0 amide bonds. The number of aromatic nitrogens is 2. The fourth-order valence-corrected chi connectivity index (χ4v) is 3.68. The molecule has 0 bridgehead atoms. The summed E-state index contributed by atoms with van der Waals surface area (Å²) in [6.45, 7) is 1.84. The molecule has 3 rings (SSSR count). The van der Waals surface area contributed by atoms with Crippen LogP contribution in [0.4, 0.5) is 5.82 Å². The monoisotopic (exact) mass is 341 g/mol. The molecule has 8 nitrogen and oxygen atoms in total. The van der Waals surface area contributed by atoms with Crippen molar-refractivity contribution in [1.82, 2.24) is 18.6 Å². The van der Waals surface area contributed by atoms with E-state index >= 15 is 0 Å². The average molecular weight is 341 g/mol. The van der Waals surface area contributed by atoms with Gasteiger partial charge in [0.15, 0.2) is 5.82 Å². The summed E-state index contributed by atoms with van der Waals surface area (Å²) in [4.78, 5) is 8.77. The van der Waals surface area contributed by atoms with Gasteiger partial charge in [-0.25, -0.2) is 9.97 Å². The van der Waals surface area contributed by atoms with Gasteiger partial charge in [0.2, 0.25) is 0 Å². The first-order valence-corrected chi connectivity index (χ1v) is 9.22. The van der Waals surface area contributed by atoms with Crippen LogP contribution in [0.5, 0.6) is 0 Å². The summed E-state index contributed by atoms with van der Waals surface area (Å²) in [5.74, 6) is 1.93. The Morgan fingerprint density at radius 1 is 1.43 bits per heavy atom. The number of ether oxygens (including phenoxy) is 1. The highest BCUT2D eigenvalue weighted by Gasteiger charge is 2.37. The van der Waals surface area contributed by atoms with Crippen molar-refractivity contribution in [3.8, 4) is 0 Å². The van der Waals surface area contributed by atoms with Crippen molar-refractivity contribution < 1.29 is 13.2 Å². The SMILES string of the molecule is CN(C)S(=O)(=O)N1CCOC[C@H]1c1nccc(NCC2CC2)n1. The van der Waals surface area contributed by atoms with Crippen molar-refractivity contribution in [1.29, 1.82) is 0 Å². The first kappa shape index (κ1) is 16.6. The molecule has 1 aromatic rings. The third-order valence-electron chi connectivity index (χ3n) is 4.08. The van der Waals surface area contributed by atoms with E-state index in [0.717, 1.165) is 18.3 Å². The summed E-state index contributed by atoms with van der Waals surface area (Å²) in [6.07, 6.45) is 4.18. The molecule has 1 aliphatic carbocycles. The van der Waals surface area contributed by atoms with E-state index in [2.05, 4.69) is 15.3 Å². The Kier molecular flexibility index (Phi) is 4.81. The predicted molar refractivity (Wildman–Crippen MR) is 86.1 cm³/mol. The third-order valence-corrected chi connectivity index (χ3v) is 6.03. The molecule has 1 saturated heterocycles. The molecule has 0 radical (unpaired) electrons. The summed E-state index contributed by atoms with van der Waals surface area (Å²) in [5.41, 5.74) is 0. The quantitative estimate of drug-likeness (QED) is 0.810. The molecule has 2 heterocycles. The smallest absolute Gasteiger partial charge is 0.282 e. The number of nitrogens with zero attached hydrogens (tertiary/aromatic N) is 4. The van der Waals surface area contributed by atoms with Crippen LogP contribution < -0.4 is 5.32 Å². The van der Waals surface area contributed by atoms with E-state index in [0.29, 0.717) is 19.0 Å². The second-order valence-electron chi connectivity index (χ2n) is 6.12. The second-order valence-corrected chi connectivity index (χ2v) is 8.21. The van der Waals surface area contributed by atoms with Crippen LogP contribution in [0, 0.1) is 5.92 Å². The topological polar surface area (TPSA) is 87.7 Å². The van der Waals surface area contributed by atoms with E-state index in [9.17, 15) is 8.42 Å². The lowest BCUT2D eigenvalue weighted by atomic mass is 10.2. The average Bonchev–Trinajstić information content (AvgIpc) is 3.37. The van der Waals surface area contributed by atoms with Crippen LogP contribution >= 0.6 is 0 Å². The molecule has 1 saturated carbocycles. The minimum Gasteiger partial charge on any atom is -0.378 e. The van der Waals surface area contributed by atoms with Crippen molar-refractivity contribution in [3.05, 3.63) is 18.1 Å². The number of nitrogens with one attached hydrogen (secondary N) is 1. The van der Waals surface area contributed by atoms with Gasteiger partial charge in [0.25, 0.3) is 10.2 Å². The van der Waals surface area contributed by atoms with Crippen LogP contribution in [0.3, 0.4) is 0 Å². The standard InChI is InChI=1S/C14H23N5O3S/c1-18(2)23(20,21)19-7-8-22-10-12(19)14-15-6-5-13(17-14)16-9-11-3-4-11/h5-6,11-12H,3-4,7-10H2,1-2H3,(H,15,16,17)/t12-/m0/s1. The minimum atomic E-state index is -3.54. The fraction of sp³-hybridized carbons (Fsp3) is 0.714. The van der Waals surface area contributed by atoms with Gasteiger partial charge in [0.05, 0.1) is 13.2 Å². The Morgan fingerprint density at radius 3 is 2.91 bits per heavy atom. The highest BCUT2D eigenvalue weighted by Crippen LogP contribution is 2.29. The molecule has 2 aliphatic rings. The lowest BCUT2D eigenvalue weighted by Gasteiger charge is -2.35. The molecule has 23 heavy (non-hydrogen) atoms. The van der Waals surface area contributed by atoms with Gasteiger partial charge in [0.1, 0.15) is 11.9 Å². The van der Waals surface area contributed by atoms with Gasteiger partial charge in [0, 0.05) is 33.4 Å². The number of anilines is 1. The molecule has 1 aromatic heterocycles. The number of hydrogen-bond acceptors (Lipinski definition) is 6. The summed E-state index contributed by atoms with van der Waals surface area (Å²) < 4.78 is 33.1. The fourth-order valence-electron chi connectivity index (χ4n) is 2.48. The van der Waals surface area contributed by atoms with Crippen molar-refractivity contribution in [2.75, 3.05) is 45.7 Å². The maximum absolute atomic E-state index is 12.5. The van der Waals surface area contributed by atoms with Gasteiger partial charge >= 0.3 is 0 Å². The maximum atomic E-state index is 12.5. The molecule has 2 fully saturated rings. The van der Waals surface area contributed by atoms with Crippen molar-refractivity contribution in [2.24, 2.45) is 5.92 Å². The Hall–Kier alpha value is -1.29. The van der Waals surface area contributed by atoms with Crippen LogP contribution in [0.25, 0.3) is 0 Å². The summed E-state index contributed by atoms with van der Waals surface area (Å²) in [5, 5.41) is 3.29. The van der Waals surface area contributed by atoms with E-state index in [1.54, 1.807) is 12.3 Å². The van der Waals surface area contributed by atoms with E-state index in [4.69, 9.17) is 4.74 Å². The number of rotatable bonds is 6. The zero-order chi connectivity index (χ0) is 16.4. The largest absolute Gasteiger partial charge is 0.378 e. The van der Waals surface area contributed by atoms with Gasteiger partial charge in [-0.1, -0.05) is 0 Å². The maximum Gasteiger partial charge on any atom is 0.282 e. The van der Waals surface area contributed by atoms with Gasteiger partial charge in [-0.15, -0.1) is 0 Å². The van der Waals surface area contributed by atoms with Crippen LogP contribution in [0.15, 0.2) is 12.3 Å². The molecular weight excluding hydrogens is 318 g/mol. The first-order valence-electron chi connectivity index (χ1n) is 7.82. The van der Waals surface area contributed by atoms with E-state index in [1.165, 1.54) is 35.5 Å². The zero-order valence-electron chi connectivity index (χ0n) is 13.5. The Morgan fingerprint density at radius 2 is 2.22 bits per heavy atom. The van der Waals surface area contributed by atoms with Crippen LogP contribution in [0.2, 0.25) is 0 Å². The summed E-state index contributed by atoms with van der Waals surface area (Å²) in [6, 6.07) is 1.30. The van der Waals surface area contributed by atoms with Crippen molar-refractivity contribution >= 4 is 16.0 Å². The minimum absolute atomic E-state index is 0.263. The number of hydrogen-bond donors (Lipinski definition) is 1. The van der Waals surface area contributed by atoms with Crippen LogP contribution in [-0.2, 0) is 14.9 Å². The summed E-state index contributed by atoms with van der Waals surface area (Å²) in [7, 11) is -0.491. The summed E-state index contributed by atoms with van der Waals surface area (Å²) >= 11 is 0. The Balaban J connectivity index is 1.81. The van der Waals surface area contributed by atoms with Crippen LogP contribution in [0.1, 0.15) is 24.7 Å². The molecule has 1 atom stereocenters. The highest BCUT2D eigenvalue weighted by atomic mass is 32.2. The number of morpholine rings is 1. The molecular formula is C14H23N5O3S. The van der Waals surface area contributed by atoms with E-state index < -0.39 is 16.3 Å². The predicted octanol–water partition coefficient (Wildman–Crippen LogP) is 0.478. The highest BCUT2D eigenvalue weighted by molar-refractivity contribution is 7.86. The van der Waals surface area contributed by atoms with Gasteiger partial charge in [-0.3, -0.25) is 0 Å². The molecule has 1 N–H and O–H groups in total. The molecule has 0 spiro atoms. The lowest BCUT2D eigenvalue weighted by molar-refractivity contribution is 0.0269. The molecule has 128 valence electrons. The van der Waals surface area contributed by atoms with E-state index in [-0.39, 0.29) is 6.61 Å². The van der Waals surface area contributed by atoms with Crippen molar-refractivity contribution in [3.63, 3.8) is 0 Å². The molecule has 0 unspecified atom stereocenters. The second kappa shape index (κ2) is 6.68. The lowest BCUT2D eigenvalue weighted by Crippen LogP contribution is -2.48. The molecule has 0 aromatic carbocycles. The normalized spacial score (nSPS) is 23.2. The molecule has 9 heteroatoms. The Bertz CT molecular complexity index is 648.